The number of benzene rings is 1. The van der Waals surface area contributed by atoms with Crippen LogP contribution in [0.2, 0.25) is 0 Å². The van der Waals surface area contributed by atoms with E-state index < -0.39 is 11.7 Å². The van der Waals surface area contributed by atoms with Crippen LogP contribution in [-0.2, 0) is 6.42 Å². The molecule has 0 atom stereocenters. The summed E-state index contributed by atoms with van der Waals surface area (Å²) in [4.78, 5) is 19.0. The molecule has 122 valence electrons. The van der Waals surface area contributed by atoms with Gasteiger partial charge in [-0.2, -0.15) is 0 Å². The van der Waals surface area contributed by atoms with E-state index in [9.17, 15) is 9.18 Å². The van der Waals surface area contributed by atoms with E-state index in [4.69, 9.17) is 5.73 Å². The van der Waals surface area contributed by atoms with Crippen LogP contribution in [0, 0.1) is 19.7 Å². The summed E-state index contributed by atoms with van der Waals surface area (Å²) in [5.41, 5.74) is 10.2. The zero-order valence-electron chi connectivity index (χ0n) is 13.6. The summed E-state index contributed by atoms with van der Waals surface area (Å²) in [6, 6.07) is 4.93. The lowest BCUT2D eigenvalue weighted by Gasteiger charge is -2.10. The second-order valence-corrected chi connectivity index (χ2v) is 5.84. The fourth-order valence-electron chi connectivity index (χ4n) is 2.99. The minimum atomic E-state index is -0.649. The van der Waals surface area contributed by atoms with Crippen molar-refractivity contribution in [2.45, 2.75) is 20.3 Å². The maximum atomic E-state index is 14.7. The highest BCUT2D eigenvalue weighted by atomic mass is 19.1. The van der Waals surface area contributed by atoms with Crippen LogP contribution in [0.4, 0.5) is 4.39 Å². The molecule has 0 fully saturated rings. The zero-order chi connectivity index (χ0) is 17.4. The first-order valence-corrected chi connectivity index (χ1v) is 7.59. The van der Waals surface area contributed by atoms with Gasteiger partial charge in [0.1, 0.15) is 5.82 Å². The number of pyridine rings is 1. The number of nitrogens with zero attached hydrogens (tertiary/aromatic N) is 1. The summed E-state index contributed by atoms with van der Waals surface area (Å²) in [5, 5.41) is 0.721. The van der Waals surface area contributed by atoms with E-state index in [0.29, 0.717) is 17.5 Å². The van der Waals surface area contributed by atoms with Crippen LogP contribution in [0.3, 0.4) is 0 Å². The van der Waals surface area contributed by atoms with Gasteiger partial charge in [0.2, 0.25) is 0 Å². The van der Waals surface area contributed by atoms with Gasteiger partial charge in [-0.3, -0.25) is 9.78 Å². The van der Waals surface area contributed by atoms with Gasteiger partial charge in [0.05, 0.1) is 16.8 Å². The van der Waals surface area contributed by atoms with Crippen molar-refractivity contribution in [3.05, 3.63) is 70.4 Å². The van der Waals surface area contributed by atoms with E-state index in [2.05, 4.69) is 16.5 Å². The first-order chi connectivity index (χ1) is 11.4. The summed E-state index contributed by atoms with van der Waals surface area (Å²) in [7, 11) is 0. The Morgan fingerprint density at radius 2 is 2.17 bits per heavy atom. The highest BCUT2D eigenvalue weighted by molar-refractivity contribution is 6.07. The Hall–Kier alpha value is -2.95. The van der Waals surface area contributed by atoms with Crippen molar-refractivity contribution in [1.82, 2.24) is 9.97 Å². The number of H-pyrrole nitrogens is 1. The number of halogens is 1. The van der Waals surface area contributed by atoms with Crippen molar-refractivity contribution >= 4 is 22.9 Å². The Morgan fingerprint density at radius 3 is 2.83 bits per heavy atom. The lowest BCUT2D eigenvalue weighted by atomic mass is 9.96. The van der Waals surface area contributed by atoms with Crippen molar-refractivity contribution in [2.24, 2.45) is 5.73 Å². The molecule has 2 aromatic heterocycles. The number of nitrogens with one attached hydrogen (secondary N) is 1. The molecule has 1 aromatic carbocycles. The Balaban J connectivity index is 2.24. The molecule has 0 saturated carbocycles. The van der Waals surface area contributed by atoms with Crippen LogP contribution in [0.1, 0.15) is 38.4 Å². The third-order valence-electron chi connectivity index (χ3n) is 4.33. The van der Waals surface area contributed by atoms with Crippen molar-refractivity contribution in [2.75, 3.05) is 0 Å². The number of aryl methyl sites for hydroxylation is 2. The lowest BCUT2D eigenvalue weighted by molar-refractivity contribution is 0.100. The highest BCUT2D eigenvalue weighted by Gasteiger charge is 2.20. The first-order valence-electron chi connectivity index (χ1n) is 7.59. The predicted octanol–water partition coefficient (Wildman–Crippen LogP) is 3.65. The van der Waals surface area contributed by atoms with E-state index in [1.165, 1.54) is 6.07 Å². The van der Waals surface area contributed by atoms with Crippen LogP contribution >= 0.6 is 0 Å². The first kappa shape index (κ1) is 15.9. The van der Waals surface area contributed by atoms with Crippen molar-refractivity contribution in [3.8, 4) is 0 Å². The van der Waals surface area contributed by atoms with Crippen molar-refractivity contribution in [3.63, 3.8) is 0 Å². The average molecular weight is 323 g/mol. The van der Waals surface area contributed by atoms with Crippen LogP contribution < -0.4 is 5.73 Å². The van der Waals surface area contributed by atoms with Gasteiger partial charge in [-0.25, -0.2) is 4.39 Å². The Kier molecular flexibility index (Phi) is 3.93. The molecule has 0 aliphatic heterocycles. The fraction of sp³-hybridized carbons (Fsp3) is 0.158. The van der Waals surface area contributed by atoms with Gasteiger partial charge in [-0.05, 0) is 49.2 Å². The van der Waals surface area contributed by atoms with Crippen molar-refractivity contribution in [1.29, 1.82) is 0 Å². The van der Waals surface area contributed by atoms with Gasteiger partial charge in [-0.15, -0.1) is 0 Å². The van der Waals surface area contributed by atoms with E-state index in [1.807, 2.05) is 26.0 Å². The zero-order valence-corrected chi connectivity index (χ0v) is 13.6. The fourth-order valence-corrected chi connectivity index (χ4v) is 2.99. The summed E-state index contributed by atoms with van der Waals surface area (Å²) in [5.74, 6) is -1.08. The number of nitrogens with two attached hydrogens (primary N) is 1. The molecule has 0 radical (unpaired) electrons. The minimum Gasteiger partial charge on any atom is -0.366 e. The van der Waals surface area contributed by atoms with E-state index in [-0.39, 0.29) is 5.56 Å². The molecule has 3 rings (SSSR count). The van der Waals surface area contributed by atoms with Crippen LogP contribution in [0.5, 0.6) is 0 Å². The standard InChI is InChI=1S/C19H18FN3O/c1-4-13-7-12(5-6-22-13)8-14-16(20)9-15(19(21)24)18-17(14)10(2)11(3)23-18/h4-7,9,23H,1,8H2,2-3H3,(H2,21,24). The molecule has 0 unspecified atom stereocenters. The number of carbonyl (C=O) groups is 1. The molecule has 3 N–H and O–H groups in total. The number of carbonyl (C=O) groups excluding carboxylic acids is 1. The Bertz CT molecular complexity index is 972. The molecule has 1 amide bonds. The summed E-state index contributed by atoms with van der Waals surface area (Å²) < 4.78 is 14.7. The molecule has 2 heterocycles. The number of hydrogen-bond donors (Lipinski definition) is 2. The molecule has 4 nitrogen and oxygen atoms in total. The molecule has 0 spiro atoms. The van der Waals surface area contributed by atoms with Crippen LogP contribution in [0.25, 0.3) is 17.0 Å². The SMILES string of the molecule is C=Cc1cc(Cc2c(F)cc(C(N)=O)c3[nH]c(C)c(C)c23)ccn1. The normalized spacial score (nSPS) is 11.0. The Labute approximate surface area is 139 Å². The second kappa shape index (κ2) is 5.92. The smallest absolute Gasteiger partial charge is 0.250 e. The second-order valence-electron chi connectivity index (χ2n) is 5.84. The molecular weight excluding hydrogens is 305 g/mol. The number of aromatic amines is 1. The van der Waals surface area contributed by atoms with Gasteiger partial charge in [0.15, 0.2) is 0 Å². The predicted molar refractivity (Wildman–Crippen MR) is 93.4 cm³/mol. The van der Waals surface area contributed by atoms with Gasteiger partial charge < -0.3 is 10.7 Å². The Morgan fingerprint density at radius 1 is 1.42 bits per heavy atom. The van der Waals surface area contributed by atoms with E-state index in [1.54, 1.807) is 12.3 Å². The average Bonchev–Trinajstić information content (AvgIpc) is 2.85. The topological polar surface area (TPSA) is 71.8 Å². The summed E-state index contributed by atoms with van der Waals surface area (Å²) in [6.07, 6.45) is 3.72. The maximum Gasteiger partial charge on any atom is 0.250 e. The number of amides is 1. The molecule has 0 bridgehead atoms. The van der Waals surface area contributed by atoms with Gasteiger partial charge in [0.25, 0.3) is 5.91 Å². The molecule has 3 aromatic rings. The molecule has 0 aliphatic rings. The van der Waals surface area contributed by atoms with Crippen molar-refractivity contribution < 1.29 is 9.18 Å². The summed E-state index contributed by atoms with van der Waals surface area (Å²) in [6.45, 7) is 7.50. The van der Waals surface area contributed by atoms with Crippen LogP contribution in [-0.4, -0.2) is 15.9 Å². The van der Waals surface area contributed by atoms with Crippen LogP contribution in [0.15, 0.2) is 31.0 Å². The summed E-state index contributed by atoms with van der Waals surface area (Å²) >= 11 is 0. The number of rotatable bonds is 4. The molecular formula is C19H18FN3O. The maximum absolute atomic E-state index is 14.7. The number of fused-ring (bicyclic) bond motifs is 1. The van der Waals surface area contributed by atoms with E-state index >= 15 is 0 Å². The minimum absolute atomic E-state index is 0.170. The molecule has 0 aliphatic carbocycles. The van der Waals surface area contributed by atoms with Gasteiger partial charge in [-0.1, -0.05) is 6.58 Å². The third kappa shape index (κ3) is 2.58. The third-order valence-corrected chi connectivity index (χ3v) is 4.33. The largest absolute Gasteiger partial charge is 0.366 e. The molecule has 0 saturated heterocycles. The number of aromatic nitrogens is 2. The molecule has 5 heteroatoms. The highest BCUT2D eigenvalue weighted by Crippen LogP contribution is 2.31. The molecule has 24 heavy (non-hydrogen) atoms. The number of primary amides is 1. The monoisotopic (exact) mass is 323 g/mol. The van der Waals surface area contributed by atoms with Gasteiger partial charge in [0, 0.05) is 29.3 Å². The van der Waals surface area contributed by atoms with Gasteiger partial charge >= 0.3 is 0 Å². The number of hydrogen-bond acceptors (Lipinski definition) is 2. The quantitative estimate of drug-likeness (QED) is 0.769. The lowest BCUT2D eigenvalue weighted by Crippen LogP contribution is -2.13. The van der Waals surface area contributed by atoms with E-state index in [0.717, 1.165) is 27.9 Å².